The Morgan fingerprint density at radius 2 is 1.22 bits per heavy atom. The van der Waals surface area contributed by atoms with Crippen LogP contribution in [0.1, 0.15) is 6.42 Å². The van der Waals surface area contributed by atoms with E-state index in [2.05, 4.69) is 18.9 Å². The summed E-state index contributed by atoms with van der Waals surface area (Å²) in [4.78, 5) is 32.0. The van der Waals surface area contributed by atoms with Gasteiger partial charge in [0.05, 0.1) is 6.10 Å². The standard InChI is InChI=1S/C11H7F9O7/c12-9(13,14)6(21)24-2-3-1-4(26-7(22)10(15,16)17)5(25-3)27-8(23)11(18,19)20/h3-5H,1-2H2/t3-,4-,5-/m1/s1. The third-order valence-corrected chi connectivity index (χ3v) is 2.70. The number of hydrogen-bond acceptors (Lipinski definition) is 7. The smallest absolute Gasteiger partial charge is 0.456 e. The van der Waals surface area contributed by atoms with Crippen molar-refractivity contribution in [3.8, 4) is 0 Å². The van der Waals surface area contributed by atoms with Crippen molar-refractivity contribution in [3.05, 3.63) is 0 Å². The third kappa shape index (κ3) is 6.76. The number of rotatable bonds is 4. The van der Waals surface area contributed by atoms with Gasteiger partial charge >= 0.3 is 36.4 Å². The van der Waals surface area contributed by atoms with Crippen LogP contribution in [-0.4, -0.2) is 61.5 Å². The molecule has 1 heterocycles. The van der Waals surface area contributed by atoms with E-state index in [-0.39, 0.29) is 0 Å². The minimum atomic E-state index is -5.59. The summed E-state index contributed by atoms with van der Waals surface area (Å²) in [5, 5.41) is 0. The summed E-state index contributed by atoms with van der Waals surface area (Å²) in [7, 11) is 0. The van der Waals surface area contributed by atoms with Gasteiger partial charge in [0, 0.05) is 6.42 Å². The molecule has 1 aliphatic heterocycles. The molecular weight excluding hydrogens is 415 g/mol. The van der Waals surface area contributed by atoms with Crippen LogP contribution < -0.4 is 0 Å². The summed E-state index contributed by atoms with van der Waals surface area (Å²) in [6.45, 7) is -1.28. The molecule has 0 aromatic heterocycles. The van der Waals surface area contributed by atoms with Crippen molar-refractivity contribution in [2.45, 2.75) is 43.4 Å². The highest BCUT2D eigenvalue weighted by molar-refractivity contribution is 5.77. The van der Waals surface area contributed by atoms with E-state index in [1.807, 2.05) is 0 Å². The predicted molar refractivity (Wildman–Crippen MR) is 58.4 cm³/mol. The maximum Gasteiger partial charge on any atom is 0.491 e. The zero-order valence-electron chi connectivity index (χ0n) is 12.4. The van der Waals surface area contributed by atoms with Crippen molar-refractivity contribution in [1.82, 2.24) is 0 Å². The third-order valence-electron chi connectivity index (χ3n) is 2.70. The summed E-state index contributed by atoms with van der Waals surface area (Å²) in [5.74, 6) is -8.52. The lowest BCUT2D eigenvalue weighted by atomic mass is 10.2. The summed E-state index contributed by atoms with van der Waals surface area (Å²) >= 11 is 0. The van der Waals surface area contributed by atoms with Crippen LogP contribution in [0, 0.1) is 0 Å². The van der Waals surface area contributed by atoms with Crippen LogP contribution in [0.15, 0.2) is 0 Å². The van der Waals surface area contributed by atoms with Crippen LogP contribution in [0.5, 0.6) is 0 Å². The first-order valence-electron chi connectivity index (χ1n) is 6.47. The predicted octanol–water partition coefficient (Wildman–Crippen LogP) is 1.79. The SMILES string of the molecule is O=C(OC[C@H]1C[C@@H](OC(=O)C(F)(F)F)[C@@H](OC(=O)C(F)(F)F)O1)C(F)(F)F. The molecule has 0 radical (unpaired) electrons. The molecule has 1 fully saturated rings. The van der Waals surface area contributed by atoms with E-state index >= 15 is 0 Å². The lowest BCUT2D eigenvalue weighted by Gasteiger charge is -2.20. The second-order valence-electron chi connectivity index (χ2n) is 4.80. The van der Waals surface area contributed by atoms with E-state index in [0.717, 1.165) is 0 Å². The highest BCUT2D eigenvalue weighted by Gasteiger charge is 2.51. The molecule has 1 aliphatic rings. The zero-order valence-corrected chi connectivity index (χ0v) is 12.4. The Labute approximate surface area is 142 Å². The van der Waals surface area contributed by atoms with Crippen molar-refractivity contribution < 1.29 is 72.8 Å². The van der Waals surface area contributed by atoms with Gasteiger partial charge < -0.3 is 18.9 Å². The topological polar surface area (TPSA) is 88.1 Å². The number of halogens is 9. The van der Waals surface area contributed by atoms with Crippen LogP contribution in [0.2, 0.25) is 0 Å². The Balaban J connectivity index is 2.81. The molecule has 0 saturated carbocycles. The maximum atomic E-state index is 12.2. The van der Waals surface area contributed by atoms with Gasteiger partial charge in [0.2, 0.25) is 6.29 Å². The molecule has 16 heteroatoms. The molecule has 0 aliphatic carbocycles. The van der Waals surface area contributed by atoms with Gasteiger partial charge in [-0.2, -0.15) is 39.5 Å². The van der Waals surface area contributed by atoms with Crippen molar-refractivity contribution in [3.63, 3.8) is 0 Å². The van der Waals surface area contributed by atoms with Crippen molar-refractivity contribution in [2.75, 3.05) is 6.61 Å². The quantitative estimate of drug-likeness (QED) is 0.388. The van der Waals surface area contributed by atoms with Crippen molar-refractivity contribution in [2.24, 2.45) is 0 Å². The highest BCUT2D eigenvalue weighted by Crippen LogP contribution is 2.30. The first-order chi connectivity index (χ1) is 12.0. The van der Waals surface area contributed by atoms with Crippen LogP contribution >= 0.6 is 0 Å². The van der Waals surface area contributed by atoms with Gasteiger partial charge in [0.25, 0.3) is 0 Å². The van der Waals surface area contributed by atoms with E-state index in [1.54, 1.807) is 0 Å². The fraction of sp³-hybridized carbons (Fsp3) is 0.727. The molecule has 1 saturated heterocycles. The zero-order chi connectivity index (χ0) is 21.2. The summed E-state index contributed by atoms with van der Waals surface area (Å²) in [6.07, 6.45) is -24.1. The Hall–Kier alpha value is -2.26. The molecule has 0 bridgehead atoms. The molecule has 7 nitrogen and oxygen atoms in total. The molecule has 0 amide bonds. The van der Waals surface area contributed by atoms with Gasteiger partial charge in [-0.1, -0.05) is 0 Å². The molecule has 0 aromatic carbocycles. The number of ether oxygens (including phenoxy) is 4. The number of hydrogen-bond donors (Lipinski definition) is 0. The number of esters is 3. The summed E-state index contributed by atoms with van der Waals surface area (Å²) in [6, 6.07) is 0. The van der Waals surface area contributed by atoms with Crippen molar-refractivity contribution in [1.29, 1.82) is 0 Å². The number of carbonyl (C=O) groups excluding carboxylic acids is 3. The van der Waals surface area contributed by atoms with Gasteiger partial charge in [0.15, 0.2) is 6.10 Å². The maximum absolute atomic E-state index is 12.2. The number of carbonyl (C=O) groups is 3. The lowest BCUT2D eigenvalue weighted by Crippen LogP contribution is -2.39. The minimum absolute atomic E-state index is 0.956. The molecule has 3 atom stereocenters. The fourth-order valence-electron chi connectivity index (χ4n) is 1.64. The van der Waals surface area contributed by atoms with Crippen LogP contribution in [0.3, 0.4) is 0 Å². The molecule has 1 rings (SSSR count). The number of alkyl halides is 9. The van der Waals surface area contributed by atoms with Gasteiger partial charge in [-0.05, 0) is 0 Å². The average Bonchev–Trinajstić information content (AvgIpc) is 2.83. The average molecular weight is 422 g/mol. The fourth-order valence-corrected chi connectivity index (χ4v) is 1.64. The highest BCUT2D eigenvalue weighted by atomic mass is 19.4. The van der Waals surface area contributed by atoms with Crippen molar-refractivity contribution >= 4 is 17.9 Å². The van der Waals surface area contributed by atoms with Crippen LogP contribution in [0.4, 0.5) is 39.5 Å². The molecule has 27 heavy (non-hydrogen) atoms. The first kappa shape index (κ1) is 22.8. The second kappa shape index (κ2) is 7.77. The summed E-state index contributed by atoms with van der Waals surface area (Å²) < 4.78 is 125. The van der Waals surface area contributed by atoms with Gasteiger partial charge in [-0.15, -0.1) is 0 Å². The minimum Gasteiger partial charge on any atom is -0.456 e. The molecular formula is C11H7F9O7. The monoisotopic (exact) mass is 422 g/mol. The Morgan fingerprint density at radius 1 is 0.778 bits per heavy atom. The van der Waals surface area contributed by atoms with E-state index in [1.165, 1.54) is 0 Å². The van der Waals surface area contributed by atoms with Gasteiger partial charge in [0.1, 0.15) is 6.61 Å². The van der Waals surface area contributed by atoms with E-state index in [0.29, 0.717) is 0 Å². The van der Waals surface area contributed by atoms with Crippen LogP contribution in [0.25, 0.3) is 0 Å². The molecule has 156 valence electrons. The molecule has 0 spiro atoms. The normalized spacial score (nSPS) is 23.7. The molecule has 0 unspecified atom stereocenters. The van der Waals surface area contributed by atoms with E-state index < -0.39 is 68.0 Å². The molecule has 0 aromatic rings. The molecule has 0 N–H and O–H groups in total. The second-order valence-corrected chi connectivity index (χ2v) is 4.80. The lowest BCUT2D eigenvalue weighted by molar-refractivity contribution is -0.241. The Bertz CT molecular complexity index is 544. The van der Waals surface area contributed by atoms with E-state index in [4.69, 9.17) is 0 Å². The van der Waals surface area contributed by atoms with E-state index in [9.17, 15) is 53.9 Å². The Morgan fingerprint density at radius 3 is 1.67 bits per heavy atom. The van der Waals surface area contributed by atoms with Gasteiger partial charge in [-0.25, -0.2) is 14.4 Å². The summed E-state index contributed by atoms with van der Waals surface area (Å²) in [5.41, 5.74) is 0. The van der Waals surface area contributed by atoms with Crippen LogP contribution in [-0.2, 0) is 33.3 Å². The Kier molecular flexibility index (Phi) is 6.56. The van der Waals surface area contributed by atoms with Gasteiger partial charge in [-0.3, -0.25) is 0 Å². The largest absolute Gasteiger partial charge is 0.491 e. The first-order valence-corrected chi connectivity index (χ1v) is 6.47.